The Labute approximate surface area is 170 Å². The van der Waals surface area contributed by atoms with Crippen molar-refractivity contribution in [3.8, 4) is 6.07 Å². The molecule has 0 aliphatic carbocycles. The molecule has 0 spiro atoms. The fraction of sp³-hybridized carbons (Fsp3) is 0.294. The molecule has 1 aromatic heterocycles. The molecule has 12 heteroatoms. The molecule has 156 valence electrons. The molecule has 2 N–H and O–H groups in total. The number of benzene rings is 1. The summed E-state index contributed by atoms with van der Waals surface area (Å²) in [5, 5.41) is 10.7. The Morgan fingerprint density at radius 2 is 2.00 bits per heavy atom. The molecule has 0 aliphatic heterocycles. The van der Waals surface area contributed by atoms with Crippen LogP contribution in [0.15, 0.2) is 29.3 Å². The number of rotatable bonds is 6. The summed E-state index contributed by atoms with van der Waals surface area (Å²) in [4.78, 5) is 12.0. The first-order valence-electron chi connectivity index (χ1n) is 8.04. The van der Waals surface area contributed by atoms with Gasteiger partial charge in [0.25, 0.3) is 11.8 Å². The smallest absolute Gasteiger partial charge is 0.273 e. The average molecular weight is 449 g/mol. The van der Waals surface area contributed by atoms with E-state index in [9.17, 15) is 26.4 Å². The first-order chi connectivity index (χ1) is 13.3. The van der Waals surface area contributed by atoms with E-state index in [-0.39, 0.29) is 16.9 Å². The number of nitrogens with zero attached hydrogens (tertiary/aromatic N) is 2. The Kier molecular flexibility index (Phi) is 6.32. The van der Waals surface area contributed by atoms with E-state index in [2.05, 4.69) is 5.32 Å². The lowest BCUT2D eigenvalue weighted by molar-refractivity contribution is -0.00488. The van der Waals surface area contributed by atoms with Gasteiger partial charge in [0.1, 0.15) is 22.5 Å². The lowest BCUT2D eigenvalue weighted by Crippen LogP contribution is -2.43. The first-order valence-corrected chi connectivity index (χ1v) is 9.90. The van der Waals surface area contributed by atoms with Gasteiger partial charge in [-0.3, -0.25) is 4.79 Å². The van der Waals surface area contributed by atoms with Crippen molar-refractivity contribution in [2.75, 3.05) is 5.32 Å². The quantitative estimate of drug-likeness (QED) is 0.707. The molecular formula is C17H16ClF3N4O3S. The van der Waals surface area contributed by atoms with Crippen LogP contribution in [-0.4, -0.2) is 30.9 Å². The molecule has 0 bridgehead atoms. The molecule has 0 saturated heterocycles. The number of alkyl halides is 2. The van der Waals surface area contributed by atoms with Crippen molar-refractivity contribution in [2.24, 2.45) is 7.05 Å². The van der Waals surface area contributed by atoms with Crippen molar-refractivity contribution in [1.82, 2.24) is 9.29 Å². The fourth-order valence-electron chi connectivity index (χ4n) is 2.29. The van der Waals surface area contributed by atoms with Gasteiger partial charge in [-0.2, -0.15) is 5.26 Å². The molecule has 29 heavy (non-hydrogen) atoms. The van der Waals surface area contributed by atoms with Crippen molar-refractivity contribution in [2.45, 2.75) is 30.7 Å². The largest absolute Gasteiger partial charge is 0.344 e. The molecule has 1 amide bonds. The molecular weight excluding hydrogens is 433 g/mol. The third kappa shape index (κ3) is 4.90. The van der Waals surface area contributed by atoms with Crippen LogP contribution in [0.1, 0.15) is 29.9 Å². The van der Waals surface area contributed by atoms with Crippen LogP contribution in [0.3, 0.4) is 0 Å². The van der Waals surface area contributed by atoms with Gasteiger partial charge >= 0.3 is 0 Å². The minimum absolute atomic E-state index is 0.0759. The third-order valence-electron chi connectivity index (χ3n) is 4.03. The molecule has 0 saturated carbocycles. The van der Waals surface area contributed by atoms with Crippen LogP contribution in [0.25, 0.3) is 0 Å². The molecule has 0 fully saturated rings. The van der Waals surface area contributed by atoms with Gasteiger partial charge in [-0.05, 0) is 25.1 Å². The third-order valence-corrected chi connectivity index (χ3v) is 6.08. The van der Waals surface area contributed by atoms with Crippen LogP contribution in [0.5, 0.6) is 0 Å². The van der Waals surface area contributed by atoms with Crippen LogP contribution in [0.4, 0.5) is 18.9 Å². The second-order valence-corrected chi connectivity index (χ2v) is 8.39. The Balaban J connectivity index is 2.36. The standard InChI is InChI=1S/C17H16ClF3N4O3S/c1-9(17(2,20)21)24-29(27,28)13-8-25(3)15(14(13)18)16(26)23-11-4-5-12(19)10(6-11)7-22/h4-6,8-9,24H,1-3H3,(H,23,26)/t9-/m1/s1. The second-order valence-electron chi connectivity index (χ2n) is 6.33. The predicted octanol–water partition coefficient (Wildman–Crippen LogP) is 3.26. The summed E-state index contributed by atoms with van der Waals surface area (Å²) < 4.78 is 67.8. The van der Waals surface area contributed by atoms with E-state index in [4.69, 9.17) is 16.9 Å². The van der Waals surface area contributed by atoms with Crippen molar-refractivity contribution < 1.29 is 26.4 Å². The topological polar surface area (TPSA) is 104 Å². The number of carbonyl (C=O) groups is 1. The van der Waals surface area contributed by atoms with Crippen molar-refractivity contribution in [1.29, 1.82) is 5.26 Å². The van der Waals surface area contributed by atoms with Gasteiger partial charge in [0.05, 0.1) is 16.6 Å². The zero-order valence-corrected chi connectivity index (χ0v) is 17.0. The lowest BCUT2D eigenvalue weighted by Gasteiger charge is -2.20. The number of nitriles is 1. The molecule has 7 nitrogen and oxygen atoms in total. The number of aryl methyl sites for hydroxylation is 1. The van der Waals surface area contributed by atoms with Gasteiger partial charge in [0.15, 0.2) is 0 Å². The summed E-state index contributed by atoms with van der Waals surface area (Å²) in [6, 6.07) is 3.18. The molecule has 0 radical (unpaired) electrons. The highest BCUT2D eigenvalue weighted by Crippen LogP contribution is 2.29. The van der Waals surface area contributed by atoms with E-state index in [1.807, 2.05) is 4.72 Å². The fourth-order valence-corrected chi connectivity index (χ4v) is 4.30. The summed E-state index contributed by atoms with van der Waals surface area (Å²) >= 11 is 6.06. The molecule has 1 aromatic carbocycles. The number of carbonyl (C=O) groups excluding carboxylic acids is 1. The highest BCUT2D eigenvalue weighted by atomic mass is 35.5. The maximum absolute atomic E-state index is 13.4. The molecule has 0 unspecified atom stereocenters. The molecule has 2 aromatic rings. The Bertz CT molecular complexity index is 1100. The Hall–Kier alpha value is -2.55. The van der Waals surface area contributed by atoms with Gasteiger partial charge in [-0.25, -0.2) is 26.3 Å². The van der Waals surface area contributed by atoms with Crippen LogP contribution in [0, 0.1) is 17.1 Å². The monoisotopic (exact) mass is 448 g/mol. The maximum atomic E-state index is 13.4. The maximum Gasteiger partial charge on any atom is 0.273 e. The van der Waals surface area contributed by atoms with Crippen LogP contribution in [-0.2, 0) is 17.1 Å². The van der Waals surface area contributed by atoms with Crippen LogP contribution < -0.4 is 10.0 Å². The minimum atomic E-state index is -4.45. The van der Waals surface area contributed by atoms with Gasteiger partial charge in [0.2, 0.25) is 10.0 Å². The molecule has 2 rings (SSSR count). The zero-order valence-electron chi connectivity index (χ0n) is 15.4. The minimum Gasteiger partial charge on any atom is -0.344 e. The number of sulfonamides is 1. The Morgan fingerprint density at radius 1 is 1.38 bits per heavy atom. The lowest BCUT2D eigenvalue weighted by atomic mass is 10.2. The number of amides is 1. The molecule has 1 heterocycles. The number of nitrogens with one attached hydrogen (secondary N) is 2. The first kappa shape index (κ1) is 22.7. The van der Waals surface area contributed by atoms with Gasteiger partial charge in [-0.1, -0.05) is 11.6 Å². The van der Waals surface area contributed by atoms with E-state index in [1.165, 1.54) is 13.1 Å². The van der Waals surface area contributed by atoms with E-state index in [0.29, 0.717) is 6.92 Å². The summed E-state index contributed by atoms with van der Waals surface area (Å²) in [6.45, 7) is 1.55. The summed E-state index contributed by atoms with van der Waals surface area (Å²) in [6.07, 6.45) is 1.01. The van der Waals surface area contributed by atoms with Gasteiger partial charge in [0, 0.05) is 25.9 Å². The number of aromatic nitrogens is 1. The number of hydrogen-bond acceptors (Lipinski definition) is 4. The van der Waals surface area contributed by atoms with Gasteiger partial charge in [-0.15, -0.1) is 0 Å². The van der Waals surface area contributed by atoms with Crippen LogP contribution in [0.2, 0.25) is 5.02 Å². The Morgan fingerprint density at radius 3 is 2.55 bits per heavy atom. The van der Waals surface area contributed by atoms with E-state index < -0.39 is 43.6 Å². The summed E-state index contributed by atoms with van der Waals surface area (Å²) in [5.41, 5.74) is -0.500. The molecule has 0 aliphatic rings. The second kappa shape index (κ2) is 8.06. The van der Waals surface area contributed by atoms with Crippen molar-refractivity contribution >= 4 is 33.2 Å². The highest BCUT2D eigenvalue weighted by molar-refractivity contribution is 7.89. The number of hydrogen-bond donors (Lipinski definition) is 2. The summed E-state index contributed by atoms with van der Waals surface area (Å²) in [5.74, 6) is -4.94. The normalized spacial score (nSPS) is 13.0. The van der Waals surface area contributed by atoms with E-state index in [1.54, 1.807) is 6.07 Å². The van der Waals surface area contributed by atoms with Crippen LogP contribution >= 0.6 is 11.6 Å². The highest BCUT2D eigenvalue weighted by Gasteiger charge is 2.36. The van der Waals surface area contributed by atoms with Crippen molar-refractivity contribution in [3.63, 3.8) is 0 Å². The summed E-state index contributed by atoms with van der Waals surface area (Å²) in [7, 11) is -3.12. The van der Waals surface area contributed by atoms with Crippen molar-refractivity contribution in [3.05, 3.63) is 46.5 Å². The molecule has 1 atom stereocenters. The van der Waals surface area contributed by atoms with E-state index in [0.717, 1.165) is 29.8 Å². The number of halogens is 4. The average Bonchev–Trinajstić information content (AvgIpc) is 2.90. The van der Waals surface area contributed by atoms with Gasteiger partial charge < -0.3 is 9.88 Å². The zero-order chi connectivity index (χ0) is 22.1. The van der Waals surface area contributed by atoms with E-state index >= 15 is 0 Å². The predicted molar refractivity (Wildman–Crippen MR) is 99.9 cm³/mol. The SMILES string of the molecule is C[C@@H](NS(=O)(=O)c1cn(C)c(C(=O)Nc2ccc(F)c(C#N)c2)c1Cl)C(C)(F)F. The number of anilines is 1.